The fourth-order valence-electron chi connectivity index (χ4n) is 0.806. The molecule has 3 nitrogen and oxygen atoms in total. The summed E-state index contributed by atoms with van der Waals surface area (Å²) in [4.78, 5) is 0. The van der Waals surface area contributed by atoms with E-state index in [2.05, 4.69) is 5.43 Å². The second-order valence-electron chi connectivity index (χ2n) is 2.15. The van der Waals surface area contributed by atoms with Crippen molar-refractivity contribution in [3.63, 3.8) is 0 Å². The van der Waals surface area contributed by atoms with E-state index in [9.17, 15) is 5.11 Å². The Balaban J connectivity index is 2.93. The van der Waals surface area contributed by atoms with Crippen LogP contribution in [0.2, 0.25) is 5.02 Å². The number of nitrogens with one attached hydrogen (secondary N) is 1. The largest absolute Gasteiger partial charge is 0.508 e. The van der Waals surface area contributed by atoms with Crippen LogP contribution in [0.3, 0.4) is 0 Å². The highest BCUT2D eigenvalue weighted by Crippen LogP contribution is 2.20. The summed E-state index contributed by atoms with van der Waals surface area (Å²) in [5.41, 5.74) is 3.13. The molecular weight excluding hydrogens is 164 g/mol. The molecule has 0 aliphatic heterocycles. The smallest absolute Gasteiger partial charge is 0.120 e. The average Bonchev–Trinajstić information content (AvgIpc) is 1.98. The summed E-state index contributed by atoms with van der Waals surface area (Å²) in [5, 5.41) is 9.80. The predicted octanol–water partition coefficient (Wildman–Crippen LogP) is 1.01. The third kappa shape index (κ3) is 2.08. The molecule has 0 heterocycles. The zero-order chi connectivity index (χ0) is 8.27. The highest BCUT2D eigenvalue weighted by atomic mass is 35.5. The fraction of sp³-hybridized carbons (Fsp3) is 0.143. The lowest BCUT2D eigenvalue weighted by molar-refractivity contribution is 0.465. The average molecular weight is 173 g/mol. The number of aromatic hydroxyl groups is 1. The van der Waals surface area contributed by atoms with Gasteiger partial charge in [-0.25, -0.2) is 0 Å². The third-order valence-corrected chi connectivity index (χ3v) is 1.57. The molecule has 0 aliphatic carbocycles. The molecule has 0 spiro atoms. The van der Waals surface area contributed by atoms with Crippen molar-refractivity contribution in [1.29, 1.82) is 0 Å². The van der Waals surface area contributed by atoms with Crippen LogP contribution >= 0.6 is 11.6 Å². The SMILES string of the molecule is NNCc1cc(Cl)ccc1O. The lowest BCUT2D eigenvalue weighted by atomic mass is 10.2. The molecule has 0 fully saturated rings. The lowest BCUT2D eigenvalue weighted by Crippen LogP contribution is -2.20. The Bertz CT molecular complexity index is 252. The first-order valence-corrected chi connectivity index (χ1v) is 3.52. The minimum Gasteiger partial charge on any atom is -0.508 e. The minimum atomic E-state index is 0.201. The van der Waals surface area contributed by atoms with E-state index >= 15 is 0 Å². The highest BCUT2D eigenvalue weighted by Gasteiger charge is 1.99. The zero-order valence-electron chi connectivity index (χ0n) is 5.84. The van der Waals surface area contributed by atoms with E-state index in [1.807, 2.05) is 0 Å². The Labute approximate surface area is 69.8 Å². The molecule has 0 bridgehead atoms. The molecule has 0 aromatic heterocycles. The van der Waals surface area contributed by atoms with Crippen LogP contribution in [0.4, 0.5) is 0 Å². The number of hydrazine groups is 1. The monoisotopic (exact) mass is 172 g/mol. The molecule has 60 valence electrons. The number of rotatable bonds is 2. The van der Waals surface area contributed by atoms with Gasteiger partial charge in [0.15, 0.2) is 0 Å². The van der Waals surface area contributed by atoms with Crippen LogP contribution in [0.25, 0.3) is 0 Å². The molecule has 1 aromatic rings. The van der Waals surface area contributed by atoms with Gasteiger partial charge in [0.05, 0.1) is 0 Å². The molecule has 0 aliphatic rings. The molecule has 0 unspecified atom stereocenters. The van der Waals surface area contributed by atoms with Crippen LogP contribution in [0, 0.1) is 0 Å². The van der Waals surface area contributed by atoms with E-state index in [-0.39, 0.29) is 5.75 Å². The quantitative estimate of drug-likeness (QED) is 0.461. The fourth-order valence-corrected chi connectivity index (χ4v) is 1.00. The van der Waals surface area contributed by atoms with Crippen molar-refractivity contribution >= 4 is 11.6 Å². The first-order chi connectivity index (χ1) is 5.24. The molecule has 4 heteroatoms. The summed E-state index contributed by atoms with van der Waals surface area (Å²) in [6.07, 6.45) is 0. The van der Waals surface area contributed by atoms with Crippen molar-refractivity contribution in [3.05, 3.63) is 28.8 Å². The van der Waals surface area contributed by atoms with Crippen molar-refractivity contribution in [2.75, 3.05) is 0 Å². The van der Waals surface area contributed by atoms with Crippen molar-refractivity contribution in [3.8, 4) is 5.75 Å². The maximum atomic E-state index is 9.21. The summed E-state index contributed by atoms with van der Waals surface area (Å²) < 4.78 is 0. The number of hydrogen-bond acceptors (Lipinski definition) is 3. The molecule has 0 saturated heterocycles. The van der Waals surface area contributed by atoms with E-state index in [4.69, 9.17) is 17.4 Å². The maximum Gasteiger partial charge on any atom is 0.120 e. The Morgan fingerprint density at radius 1 is 1.55 bits per heavy atom. The van der Waals surface area contributed by atoms with E-state index in [0.29, 0.717) is 17.1 Å². The second-order valence-corrected chi connectivity index (χ2v) is 2.59. The second kappa shape index (κ2) is 3.57. The van der Waals surface area contributed by atoms with Gasteiger partial charge >= 0.3 is 0 Å². The van der Waals surface area contributed by atoms with E-state index in [0.717, 1.165) is 0 Å². The van der Waals surface area contributed by atoms with E-state index in [1.165, 1.54) is 6.07 Å². The van der Waals surface area contributed by atoms with Gasteiger partial charge < -0.3 is 5.11 Å². The first-order valence-electron chi connectivity index (χ1n) is 3.15. The Morgan fingerprint density at radius 2 is 2.27 bits per heavy atom. The molecule has 0 amide bonds. The number of benzene rings is 1. The summed E-state index contributed by atoms with van der Waals surface area (Å²) in [7, 11) is 0. The summed E-state index contributed by atoms with van der Waals surface area (Å²) in [5.74, 6) is 5.28. The number of halogens is 1. The van der Waals surface area contributed by atoms with Crippen molar-refractivity contribution in [2.45, 2.75) is 6.54 Å². The molecule has 1 aromatic carbocycles. The standard InChI is InChI=1S/C7H9ClN2O/c8-6-1-2-7(11)5(3-6)4-10-9/h1-3,10-11H,4,9H2. The molecule has 1 rings (SSSR count). The van der Waals surface area contributed by atoms with Gasteiger partial charge in [0.2, 0.25) is 0 Å². The van der Waals surface area contributed by atoms with E-state index in [1.54, 1.807) is 12.1 Å². The molecular formula is C7H9ClN2O. The highest BCUT2D eigenvalue weighted by molar-refractivity contribution is 6.30. The van der Waals surface area contributed by atoms with Crippen LogP contribution in [-0.4, -0.2) is 5.11 Å². The number of hydrogen-bond donors (Lipinski definition) is 3. The van der Waals surface area contributed by atoms with Crippen LogP contribution in [0.15, 0.2) is 18.2 Å². The van der Waals surface area contributed by atoms with Crippen molar-refractivity contribution < 1.29 is 5.11 Å². The molecule has 0 atom stereocenters. The van der Waals surface area contributed by atoms with Crippen LogP contribution in [0.1, 0.15) is 5.56 Å². The summed E-state index contributed by atoms with van der Waals surface area (Å²) in [6, 6.07) is 4.82. The number of phenolic OH excluding ortho intramolecular Hbond substituents is 1. The Hall–Kier alpha value is -0.770. The molecule has 11 heavy (non-hydrogen) atoms. The lowest BCUT2D eigenvalue weighted by Gasteiger charge is -2.02. The number of phenols is 1. The van der Waals surface area contributed by atoms with Gasteiger partial charge in [-0.1, -0.05) is 11.6 Å². The molecule has 0 radical (unpaired) electrons. The predicted molar refractivity (Wildman–Crippen MR) is 44.1 cm³/mol. The van der Waals surface area contributed by atoms with Crippen molar-refractivity contribution in [1.82, 2.24) is 5.43 Å². The van der Waals surface area contributed by atoms with Gasteiger partial charge in [-0.3, -0.25) is 11.3 Å². The van der Waals surface area contributed by atoms with Gasteiger partial charge in [0.25, 0.3) is 0 Å². The van der Waals surface area contributed by atoms with Crippen molar-refractivity contribution in [2.24, 2.45) is 5.84 Å². The van der Waals surface area contributed by atoms with Gasteiger partial charge in [-0.15, -0.1) is 0 Å². The van der Waals surface area contributed by atoms with E-state index < -0.39 is 0 Å². The summed E-state index contributed by atoms with van der Waals surface area (Å²) >= 11 is 5.67. The first kappa shape index (κ1) is 8.33. The Kier molecular flexibility index (Phi) is 2.70. The van der Waals surface area contributed by atoms with Gasteiger partial charge in [-0.2, -0.15) is 0 Å². The van der Waals surface area contributed by atoms with Gasteiger partial charge in [-0.05, 0) is 18.2 Å². The van der Waals surface area contributed by atoms with Crippen LogP contribution < -0.4 is 11.3 Å². The van der Waals surface area contributed by atoms with Crippen LogP contribution in [0.5, 0.6) is 5.75 Å². The maximum absolute atomic E-state index is 9.21. The third-order valence-electron chi connectivity index (χ3n) is 1.33. The topological polar surface area (TPSA) is 58.3 Å². The summed E-state index contributed by atoms with van der Waals surface area (Å²) in [6.45, 7) is 0.409. The van der Waals surface area contributed by atoms with Gasteiger partial charge in [0, 0.05) is 17.1 Å². The number of nitrogens with two attached hydrogens (primary N) is 1. The minimum absolute atomic E-state index is 0.201. The molecule has 4 N–H and O–H groups in total. The Morgan fingerprint density at radius 3 is 2.91 bits per heavy atom. The van der Waals surface area contributed by atoms with Crippen LogP contribution in [-0.2, 0) is 6.54 Å². The molecule has 0 saturated carbocycles. The normalized spacial score (nSPS) is 10.0. The van der Waals surface area contributed by atoms with Gasteiger partial charge in [0.1, 0.15) is 5.75 Å². The zero-order valence-corrected chi connectivity index (χ0v) is 6.60.